The lowest BCUT2D eigenvalue weighted by Gasteiger charge is -2.31. The fourth-order valence-corrected chi connectivity index (χ4v) is 2.78. The normalized spacial score (nSPS) is 17.2. The number of aromatic nitrogens is 1. The van der Waals surface area contributed by atoms with Crippen molar-refractivity contribution < 1.29 is 19.1 Å². The number of amides is 1. The van der Waals surface area contributed by atoms with Crippen LogP contribution in [-0.2, 0) is 16.1 Å². The molecule has 0 spiro atoms. The van der Waals surface area contributed by atoms with Crippen LogP contribution < -0.4 is 5.32 Å². The van der Waals surface area contributed by atoms with E-state index in [2.05, 4.69) is 10.3 Å². The molecule has 7 heteroatoms. The zero-order valence-electron chi connectivity index (χ0n) is 11.4. The van der Waals surface area contributed by atoms with E-state index in [1.807, 2.05) is 0 Å². The number of aliphatic carboxylic acids is 1. The fourth-order valence-electron chi connectivity index (χ4n) is 2.61. The molecule has 0 aliphatic heterocycles. The summed E-state index contributed by atoms with van der Waals surface area (Å²) >= 11 is 5.63. The Balaban J connectivity index is 2.09. The van der Waals surface area contributed by atoms with Gasteiger partial charge in [-0.3, -0.25) is 14.6 Å². The standard InChI is InChI=1S/C14H16ClFN2O3/c15-9-4-7-17-10(11(9)16)8-18-12(19)14(13(20)21)5-2-1-3-6-14/h4,7H,1-3,5-6,8H2,(H,18,19)(H,20,21). The van der Waals surface area contributed by atoms with Crippen molar-refractivity contribution in [1.29, 1.82) is 0 Å². The number of halogens is 2. The smallest absolute Gasteiger partial charge is 0.319 e. The van der Waals surface area contributed by atoms with Gasteiger partial charge in [0.2, 0.25) is 5.91 Å². The molecule has 0 aromatic carbocycles. The number of pyridine rings is 1. The van der Waals surface area contributed by atoms with E-state index < -0.39 is 23.1 Å². The predicted octanol–water partition coefficient (Wildman–Crippen LogP) is 2.53. The van der Waals surface area contributed by atoms with Crippen molar-refractivity contribution in [2.75, 3.05) is 0 Å². The third-order valence-electron chi connectivity index (χ3n) is 3.88. The summed E-state index contributed by atoms with van der Waals surface area (Å²) in [5.41, 5.74) is -1.42. The first-order valence-electron chi connectivity index (χ1n) is 6.78. The monoisotopic (exact) mass is 314 g/mol. The quantitative estimate of drug-likeness (QED) is 0.837. The van der Waals surface area contributed by atoms with Gasteiger partial charge in [-0.05, 0) is 18.9 Å². The molecule has 1 saturated carbocycles. The average Bonchev–Trinajstić information content (AvgIpc) is 2.49. The van der Waals surface area contributed by atoms with Crippen LogP contribution in [0.3, 0.4) is 0 Å². The van der Waals surface area contributed by atoms with Crippen molar-refractivity contribution in [2.24, 2.45) is 5.41 Å². The summed E-state index contributed by atoms with van der Waals surface area (Å²) in [5, 5.41) is 11.8. The van der Waals surface area contributed by atoms with Gasteiger partial charge in [0.15, 0.2) is 5.82 Å². The molecule has 1 aromatic heterocycles. The first kappa shape index (κ1) is 15.7. The highest BCUT2D eigenvalue weighted by Gasteiger charge is 2.46. The topological polar surface area (TPSA) is 79.3 Å². The number of carbonyl (C=O) groups excluding carboxylic acids is 1. The molecular weight excluding hydrogens is 299 g/mol. The molecule has 5 nitrogen and oxygen atoms in total. The van der Waals surface area contributed by atoms with Gasteiger partial charge in [-0.1, -0.05) is 30.9 Å². The van der Waals surface area contributed by atoms with Crippen LogP contribution in [0.15, 0.2) is 12.3 Å². The minimum atomic E-state index is -1.41. The lowest BCUT2D eigenvalue weighted by atomic mass is 9.73. The van der Waals surface area contributed by atoms with Gasteiger partial charge < -0.3 is 10.4 Å². The lowest BCUT2D eigenvalue weighted by molar-refractivity contribution is -0.158. The van der Waals surface area contributed by atoms with Gasteiger partial charge >= 0.3 is 5.97 Å². The Morgan fingerprint density at radius 2 is 2.05 bits per heavy atom. The number of hydrogen-bond acceptors (Lipinski definition) is 3. The zero-order chi connectivity index (χ0) is 15.5. The minimum Gasteiger partial charge on any atom is -0.480 e. The van der Waals surface area contributed by atoms with Crippen molar-refractivity contribution in [3.63, 3.8) is 0 Å². The summed E-state index contributed by atoms with van der Waals surface area (Å²) in [4.78, 5) is 27.5. The molecule has 0 unspecified atom stereocenters. The van der Waals surface area contributed by atoms with E-state index >= 15 is 0 Å². The predicted molar refractivity (Wildman–Crippen MR) is 74.2 cm³/mol. The van der Waals surface area contributed by atoms with Crippen molar-refractivity contribution in [2.45, 2.75) is 38.6 Å². The van der Waals surface area contributed by atoms with Crippen molar-refractivity contribution >= 4 is 23.5 Å². The van der Waals surface area contributed by atoms with Crippen LogP contribution in [0.1, 0.15) is 37.8 Å². The van der Waals surface area contributed by atoms with E-state index in [9.17, 15) is 19.1 Å². The highest BCUT2D eigenvalue weighted by molar-refractivity contribution is 6.30. The molecule has 1 aliphatic carbocycles. The van der Waals surface area contributed by atoms with Gasteiger partial charge in [0.05, 0.1) is 17.3 Å². The van der Waals surface area contributed by atoms with Crippen molar-refractivity contribution in [1.82, 2.24) is 10.3 Å². The van der Waals surface area contributed by atoms with Gasteiger partial charge in [-0.2, -0.15) is 0 Å². The van der Waals surface area contributed by atoms with Crippen molar-refractivity contribution in [3.8, 4) is 0 Å². The molecule has 1 amide bonds. The Bertz CT molecular complexity index is 559. The molecule has 1 heterocycles. The van der Waals surface area contributed by atoms with E-state index in [-0.39, 0.29) is 17.3 Å². The molecule has 0 bridgehead atoms. The molecule has 0 radical (unpaired) electrons. The molecule has 0 saturated heterocycles. The number of rotatable bonds is 4. The third-order valence-corrected chi connectivity index (χ3v) is 4.17. The highest BCUT2D eigenvalue weighted by Crippen LogP contribution is 2.37. The van der Waals surface area contributed by atoms with Gasteiger partial charge in [-0.25, -0.2) is 4.39 Å². The SMILES string of the molecule is O=C(O)C1(C(=O)NCc2nccc(Cl)c2F)CCCCC1. The van der Waals surface area contributed by atoms with E-state index in [0.29, 0.717) is 25.7 Å². The number of hydrogen-bond donors (Lipinski definition) is 2. The third kappa shape index (κ3) is 3.15. The van der Waals surface area contributed by atoms with Crippen LogP contribution in [0.25, 0.3) is 0 Å². The Morgan fingerprint density at radius 3 is 2.67 bits per heavy atom. The molecule has 1 aliphatic rings. The summed E-state index contributed by atoms with van der Waals surface area (Å²) < 4.78 is 13.7. The fraction of sp³-hybridized carbons (Fsp3) is 0.500. The van der Waals surface area contributed by atoms with Crippen LogP contribution in [0.4, 0.5) is 4.39 Å². The lowest BCUT2D eigenvalue weighted by Crippen LogP contribution is -2.47. The second kappa shape index (κ2) is 6.39. The Hall–Kier alpha value is -1.69. The van der Waals surface area contributed by atoms with Crippen LogP contribution in [0, 0.1) is 11.2 Å². The van der Waals surface area contributed by atoms with Crippen LogP contribution >= 0.6 is 11.6 Å². The molecule has 21 heavy (non-hydrogen) atoms. The Morgan fingerprint density at radius 1 is 1.38 bits per heavy atom. The second-order valence-corrected chi connectivity index (χ2v) is 5.59. The van der Waals surface area contributed by atoms with Crippen LogP contribution in [-0.4, -0.2) is 22.0 Å². The highest BCUT2D eigenvalue weighted by atomic mass is 35.5. The van der Waals surface area contributed by atoms with E-state index in [1.54, 1.807) is 0 Å². The Kier molecular flexibility index (Phi) is 4.77. The first-order chi connectivity index (χ1) is 9.97. The zero-order valence-corrected chi connectivity index (χ0v) is 12.1. The van der Waals surface area contributed by atoms with Gasteiger partial charge in [0, 0.05) is 6.20 Å². The average molecular weight is 315 g/mol. The summed E-state index contributed by atoms with van der Waals surface area (Å²) in [6, 6.07) is 1.31. The molecular formula is C14H16ClFN2O3. The maximum Gasteiger partial charge on any atom is 0.319 e. The largest absolute Gasteiger partial charge is 0.480 e. The summed E-state index contributed by atoms with van der Waals surface area (Å²) in [6.07, 6.45) is 4.26. The number of nitrogens with one attached hydrogen (secondary N) is 1. The maximum atomic E-state index is 13.7. The summed E-state index contributed by atoms with van der Waals surface area (Å²) in [7, 11) is 0. The van der Waals surface area contributed by atoms with Crippen LogP contribution in [0.2, 0.25) is 5.02 Å². The second-order valence-electron chi connectivity index (χ2n) is 5.18. The summed E-state index contributed by atoms with van der Waals surface area (Å²) in [6.45, 7) is -0.180. The van der Waals surface area contributed by atoms with Crippen LogP contribution in [0.5, 0.6) is 0 Å². The molecule has 0 atom stereocenters. The maximum absolute atomic E-state index is 13.7. The molecule has 1 aromatic rings. The molecule has 1 fully saturated rings. The van der Waals surface area contributed by atoms with E-state index in [4.69, 9.17) is 11.6 Å². The molecule has 114 valence electrons. The Labute approximate surface area is 126 Å². The number of carboxylic acids is 1. The van der Waals surface area contributed by atoms with Crippen molar-refractivity contribution in [3.05, 3.63) is 28.8 Å². The van der Waals surface area contributed by atoms with E-state index in [0.717, 1.165) is 6.42 Å². The minimum absolute atomic E-state index is 0.00722. The number of carbonyl (C=O) groups is 2. The first-order valence-corrected chi connectivity index (χ1v) is 7.16. The molecule has 2 N–H and O–H groups in total. The number of nitrogens with zero attached hydrogens (tertiary/aromatic N) is 1. The van der Waals surface area contributed by atoms with Gasteiger partial charge in [0.25, 0.3) is 0 Å². The van der Waals surface area contributed by atoms with Gasteiger partial charge in [-0.15, -0.1) is 0 Å². The van der Waals surface area contributed by atoms with Gasteiger partial charge in [0.1, 0.15) is 5.41 Å². The molecule has 2 rings (SSSR count). The summed E-state index contributed by atoms with van der Waals surface area (Å²) in [5.74, 6) is -2.41. The number of carboxylic acid groups (broad SMARTS) is 1. The van der Waals surface area contributed by atoms with E-state index in [1.165, 1.54) is 12.3 Å².